The summed E-state index contributed by atoms with van der Waals surface area (Å²) in [6.45, 7) is 0. The monoisotopic (exact) mass is 366 g/mol. The molecule has 0 spiro atoms. The molecular weight excluding hydrogens is 350 g/mol. The van der Waals surface area contributed by atoms with Crippen molar-refractivity contribution >= 4 is 59.2 Å². The average molecular weight is 366 g/mol. The molecule has 0 aliphatic heterocycles. The predicted molar refractivity (Wildman–Crippen MR) is 96.0 cm³/mol. The van der Waals surface area contributed by atoms with Gasteiger partial charge in [-0.05, 0) is 36.4 Å². The van der Waals surface area contributed by atoms with Crippen LogP contribution in [0.15, 0.2) is 91.0 Å². The van der Waals surface area contributed by atoms with Gasteiger partial charge in [0.1, 0.15) is 17.2 Å². The van der Waals surface area contributed by atoms with Gasteiger partial charge in [0.15, 0.2) is 0 Å². The second-order valence-electron chi connectivity index (χ2n) is 4.66. The van der Waals surface area contributed by atoms with Crippen LogP contribution < -0.4 is 13.6 Å². The number of rotatable bonds is 6. The summed E-state index contributed by atoms with van der Waals surface area (Å²) in [5.41, 5.74) is 0. The summed E-state index contributed by atoms with van der Waals surface area (Å²) in [7, 11) is -3.89. The third-order valence-electron chi connectivity index (χ3n) is 2.88. The van der Waals surface area contributed by atoms with Crippen molar-refractivity contribution in [2.75, 3.05) is 0 Å². The standard InChI is InChI=1S/C18H15O4P.K.H/c19-23(20-16-10-4-1-5-11-16,21-17-12-6-2-7-13-17)22-18-14-8-3-9-15-18;;/h1-15H;;. The molecule has 6 heteroatoms. The van der Waals surface area contributed by atoms with E-state index in [-0.39, 0.29) is 51.4 Å². The van der Waals surface area contributed by atoms with E-state index in [2.05, 4.69) is 0 Å². The van der Waals surface area contributed by atoms with Crippen LogP contribution >= 0.6 is 7.82 Å². The Hall–Kier alpha value is -1.07. The minimum absolute atomic E-state index is 0. The summed E-state index contributed by atoms with van der Waals surface area (Å²) < 4.78 is 29.6. The van der Waals surface area contributed by atoms with E-state index in [1.54, 1.807) is 72.8 Å². The average Bonchev–Trinajstić information content (AvgIpc) is 2.57. The number of phosphoric ester groups is 1. The molecule has 0 fully saturated rings. The van der Waals surface area contributed by atoms with E-state index in [1.807, 2.05) is 18.2 Å². The third kappa shape index (κ3) is 5.78. The van der Waals surface area contributed by atoms with Crippen LogP contribution in [-0.2, 0) is 4.57 Å². The molecule has 0 heterocycles. The molecule has 0 amide bonds. The molecule has 3 rings (SSSR count). The molecule has 0 aliphatic rings. The third-order valence-corrected chi connectivity index (χ3v) is 4.18. The zero-order chi connectivity index (χ0) is 16.0. The first kappa shape index (κ1) is 19.3. The van der Waals surface area contributed by atoms with Gasteiger partial charge in [-0.1, -0.05) is 54.6 Å². The van der Waals surface area contributed by atoms with Crippen LogP contribution in [0.2, 0.25) is 0 Å². The van der Waals surface area contributed by atoms with Crippen molar-refractivity contribution < 1.29 is 18.1 Å². The van der Waals surface area contributed by atoms with Gasteiger partial charge < -0.3 is 13.6 Å². The topological polar surface area (TPSA) is 44.8 Å². The Kier molecular flexibility index (Phi) is 7.56. The molecular formula is C18H16KO4P. The van der Waals surface area contributed by atoms with Crippen molar-refractivity contribution in [3.8, 4) is 17.2 Å². The number of phosphoric acid groups is 1. The van der Waals surface area contributed by atoms with Crippen LogP contribution in [0.1, 0.15) is 0 Å². The zero-order valence-electron chi connectivity index (χ0n) is 12.2. The SMILES string of the molecule is O=P(Oc1ccccc1)(Oc1ccccc1)Oc1ccccc1.[KH]. The van der Waals surface area contributed by atoms with Gasteiger partial charge >= 0.3 is 59.2 Å². The zero-order valence-corrected chi connectivity index (χ0v) is 13.1. The fourth-order valence-corrected chi connectivity index (χ4v) is 3.14. The minimum atomic E-state index is -3.89. The quantitative estimate of drug-likeness (QED) is 0.469. The Morgan fingerprint density at radius 2 is 0.750 bits per heavy atom. The summed E-state index contributed by atoms with van der Waals surface area (Å²) in [6, 6.07) is 26.4. The molecule has 3 aromatic rings. The van der Waals surface area contributed by atoms with Crippen LogP contribution in [0.4, 0.5) is 0 Å². The summed E-state index contributed by atoms with van der Waals surface area (Å²) in [6.07, 6.45) is 0. The molecule has 0 aliphatic carbocycles. The van der Waals surface area contributed by atoms with Crippen LogP contribution in [0.5, 0.6) is 17.2 Å². The normalized spacial score (nSPS) is 10.3. The van der Waals surface area contributed by atoms with Crippen molar-refractivity contribution in [3.63, 3.8) is 0 Å². The van der Waals surface area contributed by atoms with Crippen molar-refractivity contribution in [1.29, 1.82) is 0 Å². The van der Waals surface area contributed by atoms with Gasteiger partial charge in [-0.15, -0.1) is 0 Å². The van der Waals surface area contributed by atoms with E-state index >= 15 is 0 Å². The first-order chi connectivity index (χ1) is 11.2. The number of benzene rings is 3. The number of hydrogen-bond donors (Lipinski definition) is 0. The van der Waals surface area contributed by atoms with Crippen molar-refractivity contribution in [3.05, 3.63) is 91.0 Å². The van der Waals surface area contributed by atoms with Crippen molar-refractivity contribution in [2.24, 2.45) is 0 Å². The summed E-state index contributed by atoms with van der Waals surface area (Å²) >= 11 is 0. The van der Waals surface area contributed by atoms with E-state index in [0.717, 1.165) is 0 Å². The van der Waals surface area contributed by atoms with Gasteiger partial charge in [0.2, 0.25) is 0 Å². The molecule has 0 saturated carbocycles. The van der Waals surface area contributed by atoms with Crippen molar-refractivity contribution in [1.82, 2.24) is 0 Å². The molecule has 0 bridgehead atoms. The number of para-hydroxylation sites is 3. The maximum atomic E-state index is 13.1. The first-order valence-electron chi connectivity index (χ1n) is 7.07. The molecule has 0 unspecified atom stereocenters. The summed E-state index contributed by atoms with van der Waals surface area (Å²) in [5, 5.41) is 0. The molecule has 0 radical (unpaired) electrons. The fraction of sp³-hybridized carbons (Fsp3) is 0. The van der Waals surface area contributed by atoms with Crippen LogP contribution in [0.3, 0.4) is 0 Å². The second-order valence-corrected chi connectivity index (χ2v) is 6.10. The molecule has 0 aromatic heterocycles. The summed E-state index contributed by atoms with van der Waals surface area (Å²) in [5.74, 6) is 1.22. The van der Waals surface area contributed by atoms with E-state index in [9.17, 15) is 4.57 Å². The van der Waals surface area contributed by atoms with Gasteiger partial charge in [-0.2, -0.15) is 4.57 Å². The predicted octanol–water partition coefficient (Wildman–Crippen LogP) is 4.68. The first-order valence-corrected chi connectivity index (χ1v) is 8.54. The summed E-state index contributed by atoms with van der Waals surface area (Å²) in [4.78, 5) is 0. The Labute approximate surface area is 183 Å². The van der Waals surface area contributed by atoms with Crippen molar-refractivity contribution in [2.45, 2.75) is 0 Å². The Balaban J connectivity index is 0.00000208. The van der Waals surface area contributed by atoms with Crippen LogP contribution in [0, 0.1) is 0 Å². The van der Waals surface area contributed by atoms with E-state index in [4.69, 9.17) is 13.6 Å². The van der Waals surface area contributed by atoms with Gasteiger partial charge in [-0.25, -0.2) is 0 Å². The van der Waals surface area contributed by atoms with E-state index < -0.39 is 7.82 Å². The van der Waals surface area contributed by atoms with Gasteiger partial charge in [0.05, 0.1) is 0 Å². The molecule has 3 aromatic carbocycles. The van der Waals surface area contributed by atoms with Gasteiger partial charge in [-0.3, -0.25) is 0 Å². The van der Waals surface area contributed by atoms with E-state index in [1.165, 1.54) is 0 Å². The van der Waals surface area contributed by atoms with Crippen LogP contribution in [-0.4, -0.2) is 51.4 Å². The fourth-order valence-electron chi connectivity index (χ4n) is 1.89. The molecule has 24 heavy (non-hydrogen) atoms. The molecule has 4 nitrogen and oxygen atoms in total. The molecule has 0 saturated heterocycles. The maximum absolute atomic E-state index is 13.1. The Bertz CT molecular complexity index is 674. The molecule has 0 N–H and O–H groups in total. The second kappa shape index (κ2) is 9.42. The van der Waals surface area contributed by atoms with E-state index in [0.29, 0.717) is 17.2 Å². The Morgan fingerprint density at radius 3 is 1.00 bits per heavy atom. The van der Waals surface area contributed by atoms with Gasteiger partial charge in [0, 0.05) is 0 Å². The van der Waals surface area contributed by atoms with Crippen LogP contribution in [0.25, 0.3) is 0 Å². The Morgan fingerprint density at radius 1 is 0.500 bits per heavy atom. The molecule has 118 valence electrons. The molecule has 0 atom stereocenters. The van der Waals surface area contributed by atoms with Gasteiger partial charge in [0.25, 0.3) is 0 Å². The number of hydrogen-bond acceptors (Lipinski definition) is 4.